The van der Waals surface area contributed by atoms with Gasteiger partial charge in [0.15, 0.2) is 6.10 Å². The van der Waals surface area contributed by atoms with Crippen molar-refractivity contribution in [3.63, 3.8) is 0 Å². The number of halogens is 2. The number of ether oxygens (including phenoxy) is 1. The molecule has 104 valence electrons. The zero-order valence-electron chi connectivity index (χ0n) is 10.2. The van der Waals surface area contributed by atoms with Crippen LogP contribution in [0, 0.1) is 0 Å². The van der Waals surface area contributed by atoms with Gasteiger partial charge in [0.25, 0.3) is 0 Å². The van der Waals surface area contributed by atoms with E-state index < -0.39 is 12.1 Å². The summed E-state index contributed by atoms with van der Waals surface area (Å²) in [4.78, 5) is 22.3. The molecule has 0 aliphatic carbocycles. The summed E-state index contributed by atoms with van der Waals surface area (Å²) in [7, 11) is 1.26. The van der Waals surface area contributed by atoms with Gasteiger partial charge in [-0.3, -0.25) is 4.79 Å². The molecule has 0 aromatic heterocycles. The Bertz CT molecular complexity index is 479. The highest BCUT2D eigenvalue weighted by molar-refractivity contribution is 6.35. The van der Waals surface area contributed by atoms with Gasteiger partial charge in [0.1, 0.15) is 0 Å². The summed E-state index contributed by atoms with van der Waals surface area (Å²) in [5.74, 6) is -1.47. The molecule has 0 saturated carbocycles. The third kappa shape index (κ3) is 5.06. The fourth-order valence-electron chi connectivity index (χ4n) is 1.38. The number of carbonyl (C=O) groups is 2. The van der Waals surface area contributed by atoms with Crippen LogP contribution in [0.5, 0.6) is 0 Å². The van der Waals surface area contributed by atoms with Gasteiger partial charge in [-0.15, -0.1) is 0 Å². The molecule has 0 aliphatic heterocycles. The topological polar surface area (TPSA) is 75.6 Å². The maximum absolute atomic E-state index is 11.6. The molecule has 0 fully saturated rings. The largest absolute Gasteiger partial charge is 0.479 e. The van der Waals surface area contributed by atoms with Crippen LogP contribution in [-0.4, -0.2) is 36.7 Å². The number of hydrogen-bond acceptors (Lipinski definition) is 3. The molecule has 1 unspecified atom stereocenters. The standard InChI is InChI=1S/C12H13Cl2NO4/c1-19-10(12(17)18)6-15-11(16)4-7-2-3-8(13)5-9(7)14/h2-3,5,10H,4,6H2,1H3,(H,15,16)(H,17,18). The fourth-order valence-corrected chi connectivity index (χ4v) is 1.85. The predicted molar refractivity (Wildman–Crippen MR) is 71.6 cm³/mol. The monoisotopic (exact) mass is 305 g/mol. The first kappa shape index (κ1) is 15.8. The Hall–Kier alpha value is -1.30. The number of benzene rings is 1. The van der Waals surface area contributed by atoms with Crippen molar-refractivity contribution in [1.29, 1.82) is 0 Å². The summed E-state index contributed by atoms with van der Waals surface area (Å²) >= 11 is 11.7. The van der Waals surface area contributed by atoms with Gasteiger partial charge in [-0.1, -0.05) is 29.3 Å². The highest BCUT2D eigenvalue weighted by Gasteiger charge is 2.17. The number of carboxylic acids is 1. The molecule has 0 saturated heterocycles. The van der Waals surface area contributed by atoms with Crippen molar-refractivity contribution in [3.05, 3.63) is 33.8 Å². The molecule has 19 heavy (non-hydrogen) atoms. The van der Waals surface area contributed by atoms with Gasteiger partial charge >= 0.3 is 5.97 Å². The Kier molecular flexibility index (Phi) is 6.08. The van der Waals surface area contributed by atoms with Gasteiger partial charge in [0.05, 0.1) is 13.0 Å². The molecule has 1 atom stereocenters. The third-order valence-electron chi connectivity index (χ3n) is 2.41. The van der Waals surface area contributed by atoms with Crippen LogP contribution >= 0.6 is 23.2 Å². The quantitative estimate of drug-likeness (QED) is 0.839. The number of methoxy groups -OCH3 is 1. The normalized spacial score (nSPS) is 11.9. The molecule has 5 nitrogen and oxygen atoms in total. The van der Waals surface area contributed by atoms with E-state index in [0.29, 0.717) is 15.6 Å². The van der Waals surface area contributed by atoms with Gasteiger partial charge in [0.2, 0.25) is 5.91 Å². The van der Waals surface area contributed by atoms with Crippen molar-refractivity contribution in [3.8, 4) is 0 Å². The van der Waals surface area contributed by atoms with Gasteiger partial charge < -0.3 is 15.2 Å². The first-order chi connectivity index (χ1) is 8.93. The van der Waals surface area contributed by atoms with E-state index in [-0.39, 0.29) is 18.9 Å². The van der Waals surface area contributed by atoms with E-state index in [1.165, 1.54) is 7.11 Å². The van der Waals surface area contributed by atoms with Crippen LogP contribution in [0.1, 0.15) is 5.56 Å². The van der Waals surface area contributed by atoms with Crippen LogP contribution in [0.15, 0.2) is 18.2 Å². The van der Waals surface area contributed by atoms with Crippen LogP contribution in [0.25, 0.3) is 0 Å². The molecule has 1 amide bonds. The van der Waals surface area contributed by atoms with E-state index in [9.17, 15) is 9.59 Å². The van der Waals surface area contributed by atoms with E-state index in [4.69, 9.17) is 33.0 Å². The molecule has 0 bridgehead atoms. The Labute approximate surface area is 120 Å². The van der Waals surface area contributed by atoms with E-state index in [0.717, 1.165) is 0 Å². The van der Waals surface area contributed by atoms with Crippen LogP contribution < -0.4 is 5.32 Å². The Balaban J connectivity index is 2.53. The number of hydrogen-bond donors (Lipinski definition) is 2. The first-order valence-corrected chi connectivity index (χ1v) is 6.16. The summed E-state index contributed by atoms with van der Waals surface area (Å²) in [6.45, 7) is -0.101. The minimum Gasteiger partial charge on any atom is -0.479 e. The highest BCUT2D eigenvalue weighted by atomic mass is 35.5. The lowest BCUT2D eigenvalue weighted by molar-refractivity contribution is -0.148. The second-order valence-electron chi connectivity index (χ2n) is 3.78. The third-order valence-corrected chi connectivity index (χ3v) is 3.00. The summed E-state index contributed by atoms with van der Waals surface area (Å²) in [5.41, 5.74) is 0.618. The average Bonchev–Trinajstić information content (AvgIpc) is 2.33. The lowest BCUT2D eigenvalue weighted by atomic mass is 10.1. The number of aliphatic carboxylic acids is 1. The van der Waals surface area contributed by atoms with Crippen molar-refractivity contribution in [1.82, 2.24) is 5.32 Å². The maximum Gasteiger partial charge on any atom is 0.334 e. The number of amides is 1. The Morgan fingerprint density at radius 2 is 2.11 bits per heavy atom. The lowest BCUT2D eigenvalue weighted by Crippen LogP contribution is -2.38. The molecular formula is C12H13Cl2NO4. The Morgan fingerprint density at radius 3 is 2.63 bits per heavy atom. The maximum atomic E-state index is 11.6. The number of carbonyl (C=O) groups excluding carboxylic acids is 1. The zero-order valence-corrected chi connectivity index (χ0v) is 11.7. The van der Waals surface area contributed by atoms with Crippen molar-refractivity contribution in [2.75, 3.05) is 13.7 Å². The molecule has 0 heterocycles. The van der Waals surface area contributed by atoms with E-state index in [1.54, 1.807) is 18.2 Å². The summed E-state index contributed by atoms with van der Waals surface area (Å²) in [6, 6.07) is 4.82. The smallest absolute Gasteiger partial charge is 0.334 e. The first-order valence-electron chi connectivity index (χ1n) is 5.40. The van der Waals surface area contributed by atoms with Crippen LogP contribution in [-0.2, 0) is 20.7 Å². The molecule has 1 aromatic carbocycles. The average molecular weight is 306 g/mol. The summed E-state index contributed by atoms with van der Waals surface area (Å²) in [5, 5.41) is 12.1. The number of nitrogens with one attached hydrogen (secondary N) is 1. The Morgan fingerprint density at radius 1 is 1.42 bits per heavy atom. The lowest BCUT2D eigenvalue weighted by Gasteiger charge is -2.12. The van der Waals surface area contributed by atoms with Crippen molar-refractivity contribution >= 4 is 35.1 Å². The SMILES string of the molecule is COC(CNC(=O)Cc1ccc(Cl)cc1Cl)C(=O)O. The van der Waals surface area contributed by atoms with E-state index >= 15 is 0 Å². The number of carboxylic acid groups (broad SMARTS) is 1. The molecule has 2 N–H and O–H groups in total. The molecule has 7 heteroatoms. The van der Waals surface area contributed by atoms with Crippen LogP contribution in [0.4, 0.5) is 0 Å². The second kappa shape index (κ2) is 7.33. The van der Waals surface area contributed by atoms with E-state index in [2.05, 4.69) is 5.32 Å². The van der Waals surface area contributed by atoms with Gasteiger partial charge in [-0.05, 0) is 17.7 Å². The summed E-state index contributed by atoms with van der Waals surface area (Å²) in [6.07, 6.45) is -1.02. The molecule has 0 spiro atoms. The summed E-state index contributed by atoms with van der Waals surface area (Å²) < 4.78 is 4.69. The van der Waals surface area contributed by atoms with Crippen LogP contribution in [0.3, 0.4) is 0 Å². The predicted octanol–water partition coefficient (Wildman–Crippen LogP) is 1.75. The highest BCUT2D eigenvalue weighted by Crippen LogP contribution is 2.21. The molecule has 0 radical (unpaired) electrons. The van der Waals surface area contributed by atoms with Crippen LogP contribution in [0.2, 0.25) is 10.0 Å². The van der Waals surface area contributed by atoms with Crippen molar-refractivity contribution in [2.24, 2.45) is 0 Å². The number of rotatable bonds is 6. The molecule has 0 aliphatic rings. The minimum absolute atomic E-state index is 0.0477. The molecular weight excluding hydrogens is 293 g/mol. The second-order valence-corrected chi connectivity index (χ2v) is 4.62. The van der Waals surface area contributed by atoms with Crippen molar-refractivity contribution < 1.29 is 19.4 Å². The fraction of sp³-hybridized carbons (Fsp3) is 0.333. The molecule has 1 aromatic rings. The van der Waals surface area contributed by atoms with Gasteiger partial charge in [0, 0.05) is 17.2 Å². The van der Waals surface area contributed by atoms with Crippen molar-refractivity contribution in [2.45, 2.75) is 12.5 Å². The molecule has 1 rings (SSSR count). The zero-order chi connectivity index (χ0) is 14.4. The van der Waals surface area contributed by atoms with Gasteiger partial charge in [-0.2, -0.15) is 0 Å². The van der Waals surface area contributed by atoms with E-state index in [1.807, 2.05) is 0 Å². The minimum atomic E-state index is -1.13. The van der Waals surface area contributed by atoms with Gasteiger partial charge in [-0.25, -0.2) is 4.79 Å².